The van der Waals surface area contributed by atoms with Gasteiger partial charge in [0.1, 0.15) is 4.83 Å². The Morgan fingerprint density at radius 2 is 2.03 bits per heavy atom. The van der Waals surface area contributed by atoms with Crippen LogP contribution in [0.25, 0.3) is 15.9 Å². The summed E-state index contributed by atoms with van der Waals surface area (Å²) in [5, 5.41) is 5.21. The molecule has 0 fully saturated rings. The summed E-state index contributed by atoms with van der Waals surface area (Å²) in [7, 11) is 0. The van der Waals surface area contributed by atoms with E-state index in [4.69, 9.17) is 4.98 Å². The van der Waals surface area contributed by atoms with E-state index in [1.807, 2.05) is 37.3 Å². The topological polar surface area (TPSA) is 59.3 Å². The maximum atomic E-state index is 13.7. The van der Waals surface area contributed by atoms with Crippen LogP contribution in [-0.4, -0.2) is 15.3 Å². The molecule has 1 unspecified atom stereocenters. The summed E-state index contributed by atoms with van der Waals surface area (Å²) in [6.07, 6.45) is 3.93. The van der Waals surface area contributed by atoms with Gasteiger partial charge in [0, 0.05) is 10.6 Å². The van der Waals surface area contributed by atoms with Crippen LogP contribution in [-0.2, 0) is 12.8 Å². The Bertz CT molecular complexity index is 1150. The van der Waals surface area contributed by atoms with E-state index in [1.165, 1.54) is 10.4 Å². The lowest BCUT2D eigenvalue weighted by atomic mass is 9.72. The van der Waals surface area contributed by atoms with Crippen LogP contribution in [0, 0.1) is 11.3 Å². The number of aryl methyl sites for hydroxylation is 1. The smallest absolute Gasteiger partial charge is 0.268 e. The predicted molar refractivity (Wildman–Crippen MR) is 127 cm³/mol. The molecule has 5 nitrogen and oxygen atoms in total. The van der Waals surface area contributed by atoms with Crippen LogP contribution in [0.3, 0.4) is 0 Å². The molecule has 0 spiro atoms. The molecule has 0 amide bonds. The number of hydrazone groups is 1. The highest BCUT2D eigenvalue weighted by Gasteiger charge is 2.32. The maximum Gasteiger partial charge on any atom is 0.268 e. The van der Waals surface area contributed by atoms with Crippen molar-refractivity contribution in [3.05, 3.63) is 51.1 Å². The largest absolute Gasteiger partial charge is 0.268 e. The monoisotopic (exact) mass is 422 g/mol. The lowest BCUT2D eigenvalue weighted by Crippen LogP contribution is -2.27. The Kier molecular flexibility index (Phi) is 5.53. The molecule has 1 aromatic carbocycles. The highest BCUT2D eigenvalue weighted by Crippen LogP contribution is 2.42. The number of fused-ring (bicyclic) bond motifs is 3. The zero-order valence-electron chi connectivity index (χ0n) is 18.5. The summed E-state index contributed by atoms with van der Waals surface area (Å²) in [6.45, 7) is 11.0. The minimum absolute atomic E-state index is 0.00948. The minimum Gasteiger partial charge on any atom is -0.268 e. The summed E-state index contributed by atoms with van der Waals surface area (Å²) < 4.78 is 1.66. The Labute approximate surface area is 181 Å². The third-order valence-corrected chi connectivity index (χ3v) is 7.33. The fraction of sp³-hybridized carbons (Fsp3) is 0.458. The molecule has 1 aliphatic carbocycles. The highest BCUT2D eigenvalue weighted by molar-refractivity contribution is 7.18. The Balaban J connectivity index is 1.90. The average Bonchev–Trinajstić information content (AvgIpc) is 3.09. The number of aromatic nitrogens is 2. The van der Waals surface area contributed by atoms with Crippen LogP contribution < -0.4 is 11.0 Å². The van der Waals surface area contributed by atoms with Gasteiger partial charge in [-0.1, -0.05) is 45.9 Å². The third kappa shape index (κ3) is 3.81. The molecule has 0 saturated carbocycles. The summed E-state index contributed by atoms with van der Waals surface area (Å²) in [5.74, 6) is 1.10. The molecule has 0 bridgehead atoms. The Morgan fingerprint density at radius 1 is 1.30 bits per heavy atom. The van der Waals surface area contributed by atoms with Gasteiger partial charge in [-0.25, -0.2) is 15.0 Å². The first kappa shape index (κ1) is 20.8. The first-order chi connectivity index (χ1) is 14.3. The molecule has 6 heteroatoms. The number of anilines is 1. The average molecular weight is 423 g/mol. The Hall–Kier alpha value is -2.47. The second-order valence-corrected chi connectivity index (χ2v) is 10.3. The van der Waals surface area contributed by atoms with E-state index in [0.717, 1.165) is 47.3 Å². The number of hydrogen-bond donors (Lipinski definition) is 1. The van der Waals surface area contributed by atoms with Crippen LogP contribution in [0.15, 0.2) is 40.2 Å². The van der Waals surface area contributed by atoms with Gasteiger partial charge >= 0.3 is 0 Å². The van der Waals surface area contributed by atoms with Crippen LogP contribution >= 0.6 is 11.3 Å². The van der Waals surface area contributed by atoms with Gasteiger partial charge in [0.15, 0.2) is 0 Å². The van der Waals surface area contributed by atoms with Crippen molar-refractivity contribution in [3.8, 4) is 5.69 Å². The van der Waals surface area contributed by atoms with Crippen molar-refractivity contribution >= 4 is 33.2 Å². The number of hydrogen-bond acceptors (Lipinski definition) is 5. The molecular weight excluding hydrogens is 392 g/mol. The maximum absolute atomic E-state index is 13.7. The first-order valence-corrected chi connectivity index (χ1v) is 11.5. The minimum atomic E-state index is -0.00948. The molecule has 2 heterocycles. The quantitative estimate of drug-likeness (QED) is 0.427. The number of nitrogens with one attached hydrogen (secondary N) is 1. The fourth-order valence-electron chi connectivity index (χ4n) is 4.08. The highest BCUT2D eigenvalue weighted by atomic mass is 32.1. The molecular formula is C24H30N4OS. The van der Waals surface area contributed by atoms with Crippen LogP contribution in [0.4, 0.5) is 5.95 Å². The zero-order valence-corrected chi connectivity index (χ0v) is 19.3. The van der Waals surface area contributed by atoms with Gasteiger partial charge < -0.3 is 0 Å². The lowest BCUT2D eigenvalue weighted by Gasteiger charge is -2.33. The molecule has 1 atom stereocenters. The number of para-hydroxylation sites is 1. The van der Waals surface area contributed by atoms with E-state index in [0.29, 0.717) is 11.9 Å². The second-order valence-electron chi connectivity index (χ2n) is 9.21. The second kappa shape index (κ2) is 7.99. The molecule has 1 aliphatic rings. The Morgan fingerprint density at radius 3 is 2.70 bits per heavy atom. The summed E-state index contributed by atoms with van der Waals surface area (Å²) in [6, 6.07) is 9.70. The van der Waals surface area contributed by atoms with Gasteiger partial charge in [-0.3, -0.25) is 4.79 Å². The van der Waals surface area contributed by atoms with Crippen molar-refractivity contribution in [2.45, 2.75) is 60.3 Å². The van der Waals surface area contributed by atoms with Crippen molar-refractivity contribution < 1.29 is 0 Å². The predicted octanol–water partition coefficient (Wildman–Crippen LogP) is 5.80. The summed E-state index contributed by atoms with van der Waals surface area (Å²) in [5.41, 5.74) is 6.28. The van der Waals surface area contributed by atoms with E-state index in [-0.39, 0.29) is 11.0 Å². The number of rotatable bonds is 4. The van der Waals surface area contributed by atoms with E-state index < -0.39 is 0 Å². The normalized spacial score (nSPS) is 17.2. The van der Waals surface area contributed by atoms with Gasteiger partial charge in [-0.05, 0) is 61.6 Å². The summed E-state index contributed by atoms with van der Waals surface area (Å²) in [4.78, 5) is 20.7. The summed E-state index contributed by atoms with van der Waals surface area (Å²) >= 11 is 1.68. The molecule has 0 aliphatic heterocycles. The molecule has 0 radical (unpaired) electrons. The van der Waals surface area contributed by atoms with Gasteiger partial charge in [0.2, 0.25) is 5.95 Å². The number of nitrogens with zero attached hydrogens (tertiary/aromatic N) is 3. The van der Waals surface area contributed by atoms with E-state index in [1.54, 1.807) is 15.9 Å². The van der Waals surface area contributed by atoms with Crippen molar-refractivity contribution in [2.24, 2.45) is 16.4 Å². The molecule has 1 N–H and O–H groups in total. The molecule has 2 aromatic heterocycles. The molecule has 158 valence electrons. The van der Waals surface area contributed by atoms with Crippen molar-refractivity contribution in [1.29, 1.82) is 0 Å². The van der Waals surface area contributed by atoms with Crippen molar-refractivity contribution in [3.63, 3.8) is 0 Å². The molecule has 30 heavy (non-hydrogen) atoms. The van der Waals surface area contributed by atoms with Gasteiger partial charge in [-0.2, -0.15) is 5.10 Å². The van der Waals surface area contributed by atoms with Crippen LogP contribution in [0.5, 0.6) is 0 Å². The molecule has 3 aromatic rings. The SMILES string of the molecule is CCC(C)=NNc1nc2sc3c(c2c(=O)n1-c1ccccc1)CCC(C(C)(C)C)C3. The number of benzene rings is 1. The van der Waals surface area contributed by atoms with E-state index >= 15 is 0 Å². The van der Waals surface area contributed by atoms with Gasteiger partial charge in [0.05, 0.1) is 11.1 Å². The number of thiophene rings is 1. The molecule has 0 saturated heterocycles. The fourth-order valence-corrected chi connectivity index (χ4v) is 5.37. The lowest BCUT2D eigenvalue weighted by molar-refractivity contribution is 0.218. The standard InChI is InChI=1S/C24H30N4OS/c1-6-15(2)26-27-23-25-21-20(22(29)28(23)17-10-8-7-9-11-17)18-13-12-16(24(3,4)5)14-19(18)30-21/h7-11,16H,6,12-14H2,1-5H3,(H,25,27). The van der Waals surface area contributed by atoms with Crippen molar-refractivity contribution in [2.75, 3.05) is 5.43 Å². The molecule has 4 rings (SSSR count). The van der Waals surface area contributed by atoms with E-state index in [2.05, 4.69) is 38.2 Å². The van der Waals surface area contributed by atoms with Gasteiger partial charge in [0.25, 0.3) is 5.56 Å². The van der Waals surface area contributed by atoms with Gasteiger partial charge in [-0.15, -0.1) is 11.3 Å². The van der Waals surface area contributed by atoms with Crippen LogP contribution in [0.1, 0.15) is 57.9 Å². The zero-order chi connectivity index (χ0) is 21.5. The van der Waals surface area contributed by atoms with E-state index in [9.17, 15) is 4.79 Å². The van der Waals surface area contributed by atoms with Crippen LogP contribution in [0.2, 0.25) is 0 Å². The van der Waals surface area contributed by atoms with Crippen molar-refractivity contribution in [1.82, 2.24) is 9.55 Å². The first-order valence-electron chi connectivity index (χ1n) is 10.7. The third-order valence-electron chi connectivity index (χ3n) is 6.18.